The molecule has 0 fully saturated rings. The van der Waals surface area contributed by atoms with Crippen LogP contribution in [0.4, 0.5) is 13.2 Å². The molecule has 0 bridgehead atoms. The summed E-state index contributed by atoms with van der Waals surface area (Å²) < 4.78 is 43.5. The molecule has 0 aliphatic rings. The van der Waals surface area contributed by atoms with Crippen molar-refractivity contribution < 1.29 is 22.7 Å². The lowest BCUT2D eigenvalue weighted by atomic mass is 10.1. The highest BCUT2D eigenvalue weighted by Crippen LogP contribution is 2.35. The number of hydrogen-bond acceptors (Lipinski definition) is 2. The van der Waals surface area contributed by atoms with Crippen LogP contribution in [0.1, 0.15) is 29.5 Å². The number of hydrogen-bond donors (Lipinski definition) is 0. The van der Waals surface area contributed by atoms with Crippen molar-refractivity contribution in [2.45, 2.75) is 25.6 Å². The Labute approximate surface area is 152 Å². The fourth-order valence-corrected chi connectivity index (χ4v) is 2.43. The van der Waals surface area contributed by atoms with E-state index in [0.29, 0.717) is 0 Å². The summed E-state index contributed by atoms with van der Waals surface area (Å²) >= 11 is 2.87. The van der Waals surface area contributed by atoms with E-state index in [0.717, 1.165) is 11.6 Å². The molecule has 2 aromatic rings. The first-order valence-corrected chi connectivity index (χ1v) is 8.21. The minimum atomic E-state index is -4.45. The van der Waals surface area contributed by atoms with E-state index >= 15 is 0 Å². The van der Waals surface area contributed by atoms with Crippen molar-refractivity contribution in [2.24, 2.45) is 0 Å². The maximum Gasteiger partial charge on any atom is 0.417 e. The number of esters is 1. The predicted molar refractivity (Wildman–Crippen MR) is 91.5 cm³/mol. The molecular weight excluding hydrogens is 397 g/mol. The zero-order valence-corrected chi connectivity index (χ0v) is 14.7. The summed E-state index contributed by atoms with van der Waals surface area (Å²) in [6, 6.07) is 13.0. The quantitative estimate of drug-likeness (QED) is 0.502. The number of benzene rings is 2. The molecule has 0 aliphatic heterocycles. The molecule has 2 nitrogen and oxygen atoms in total. The molecule has 0 atom stereocenters. The lowest BCUT2D eigenvalue weighted by Gasteiger charge is -2.08. The fraction of sp³-hybridized carbons (Fsp3) is 0.211. The maximum absolute atomic E-state index is 12.8. The van der Waals surface area contributed by atoms with E-state index in [1.165, 1.54) is 12.1 Å². The Balaban J connectivity index is 1.85. The molecule has 130 valence electrons. The molecule has 0 unspecified atom stereocenters. The molecule has 0 aliphatic carbocycles. The molecule has 25 heavy (non-hydrogen) atoms. The Morgan fingerprint density at radius 2 is 1.84 bits per heavy atom. The van der Waals surface area contributed by atoms with Crippen molar-refractivity contribution in [3.63, 3.8) is 0 Å². The monoisotopic (exact) mass is 410 g/mol. The number of carbonyl (C=O) groups excluding carboxylic acids is 1. The fourth-order valence-electron chi connectivity index (χ4n) is 1.96. The molecule has 2 rings (SSSR count). The largest absolute Gasteiger partial charge is 0.461 e. The molecule has 0 saturated heterocycles. The van der Waals surface area contributed by atoms with Gasteiger partial charge in [0, 0.05) is 16.5 Å². The summed E-state index contributed by atoms with van der Waals surface area (Å²) in [5.41, 5.74) is 0.353. The molecule has 0 heterocycles. The first kappa shape index (κ1) is 19.1. The molecule has 6 heteroatoms. The van der Waals surface area contributed by atoms with E-state index in [-0.39, 0.29) is 29.5 Å². The van der Waals surface area contributed by atoms with Gasteiger partial charge in [-0.25, -0.2) is 0 Å². The Bertz CT molecular complexity index is 790. The second-order valence-corrected chi connectivity index (χ2v) is 5.99. The Hall–Kier alpha value is -2.26. The Morgan fingerprint density at radius 1 is 1.12 bits per heavy atom. The summed E-state index contributed by atoms with van der Waals surface area (Å²) in [5, 5.41) is 0. The Kier molecular flexibility index (Phi) is 6.65. The zero-order valence-electron chi connectivity index (χ0n) is 13.1. The highest BCUT2D eigenvalue weighted by molar-refractivity contribution is 9.10. The number of rotatable bonds is 4. The molecular formula is C19H14BrF3O2. The van der Waals surface area contributed by atoms with Gasteiger partial charge in [-0.1, -0.05) is 58.1 Å². The SMILES string of the molecule is O=C(CCC#Cc1ccc(Br)c(C(F)(F)F)c1)OCc1ccccc1. The normalized spacial score (nSPS) is 10.7. The van der Waals surface area contributed by atoms with Crippen LogP contribution in [0.2, 0.25) is 0 Å². The van der Waals surface area contributed by atoms with Crippen molar-refractivity contribution >= 4 is 21.9 Å². The lowest BCUT2D eigenvalue weighted by Crippen LogP contribution is -2.06. The van der Waals surface area contributed by atoms with Crippen molar-refractivity contribution in [3.8, 4) is 11.8 Å². The smallest absolute Gasteiger partial charge is 0.417 e. The summed E-state index contributed by atoms with van der Waals surface area (Å²) in [6.07, 6.45) is -4.15. The second-order valence-electron chi connectivity index (χ2n) is 5.14. The predicted octanol–water partition coefficient (Wildman–Crippen LogP) is 5.34. The van der Waals surface area contributed by atoms with Crippen molar-refractivity contribution in [3.05, 3.63) is 69.7 Å². The molecule has 2 aromatic carbocycles. The van der Waals surface area contributed by atoms with Gasteiger partial charge in [-0.2, -0.15) is 13.2 Å². The van der Waals surface area contributed by atoms with Crippen molar-refractivity contribution in [1.29, 1.82) is 0 Å². The summed E-state index contributed by atoms with van der Waals surface area (Å²) in [5.74, 6) is 4.93. The van der Waals surface area contributed by atoms with E-state index in [1.54, 1.807) is 0 Å². The van der Waals surface area contributed by atoms with Gasteiger partial charge in [0.15, 0.2) is 0 Å². The van der Waals surface area contributed by atoms with Gasteiger partial charge in [-0.3, -0.25) is 4.79 Å². The van der Waals surface area contributed by atoms with Crippen molar-refractivity contribution in [2.75, 3.05) is 0 Å². The third kappa shape index (κ3) is 6.28. The second kappa shape index (κ2) is 8.72. The third-order valence-electron chi connectivity index (χ3n) is 3.20. The van der Waals surface area contributed by atoms with Crippen molar-refractivity contribution in [1.82, 2.24) is 0 Å². The topological polar surface area (TPSA) is 26.3 Å². The highest BCUT2D eigenvalue weighted by Gasteiger charge is 2.32. The van der Waals surface area contributed by atoms with Gasteiger partial charge >= 0.3 is 12.1 Å². The molecule has 0 aromatic heterocycles. The van der Waals surface area contributed by atoms with E-state index in [4.69, 9.17) is 4.74 Å². The van der Waals surface area contributed by atoms with Crippen LogP contribution in [0.15, 0.2) is 53.0 Å². The lowest BCUT2D eigenvalue weighted by molar-refractivity contribution is -0.144. The van der Waals surface area contributed by atoms with Crippen LogP contribution in [-0.2, 0) is 22.3 Å². The van der Waals surface area contributed by atoms with Gasteiger partial charge < -0.3 is 4.74 Å². The van der Waals surface area contributed by atoms with E-state index in [1.807, 2.05) is 30.3 Å². The van der Waals surface area contributed by atoms with Gasteiger partial charge in [0.1, 0.15) is 6.61 Å². The first-order chi connectivity index (χ1) is 11.9. The molecule has 0 spiro atoms. The number of alkyl halides is 3. The van der Waals surface area contributed by atoms with Gasteiger partial charge in [-0.15, -0.1) is 0 Å². The minimum absolute atomic E-state index is 0.0324. The van der Waals surface area contributed by atoms with E-state index in [2.05, 4.69) is 27.8 Å². The molecule has 0 radical (unpaired) electrons. The van der Waals surface area contributed by atoms with Gasteiger partial charge in [-0.05, 0) is 23.8 Å². The molecule has 0 saturated carbocycles. The van der Waals surface area contributed by atoms with Crippen LogP contribution in [0.5, 0.6) is 0 Å². The highest BCUT2D eigenvalue weighted by atomic mass is 79.9. The Morgan fingerprint density at radius 3 is 2.52 bits per heavy atom. The van der Waals surface area contributed by atoms with Gasteiger partial charge in [0.2, 0.25) is 0 Å². The van der Waals surface area contributed by atoms with Crippen LogP contribution < -0.4 is 0 Å². The first-order valence-electron chi connectivity index (χ1n) is 7.41. The maximum atomic E-state index is 12.8. The van der Waals surface area contributed by atoms with Crippen LogP contribution >= 0.6 is 15.9 Å². The van der Waals surface area contributed by atoms with Gasteiger partial charge in [0.05, 0.1) is 12.0 Å². The minimum Gasteiger partial charge on any atom is -0.461 e. The molecule has 0 amide bonds. The van der Waals surface area contributed by atoms with E-state index < -0.39 is 17.7 Å². The molecule has 0 N–H and O–H groups in total. The summed E-state index contributed by atoms with van der Waals surface area (Å²) in [6.45, 7) is 0.189. The van der Waals surface area contributed by atoms with Crippen LogP contribution in [-0.4, -0.2) is 5.97 Å². The van der Waals surface area contributed by atoms with E-state index in [9.17, 15) is 18.0 Å². The average Bonchev–Trinajstić information content (AvgIpc) is 2.58. The van der Waals surface area contributed by atoms with Gasteiger partial charge in [0.25, 0.3) is 0 Å². The summed E-state index contributed by atoms with van der Waals surface area (Å²) in [4.78, 5) is 11.6. The summed E-state index contributed by atoms with van der Waals surface area (Å²) in [7, 11) is 0. The number of ether oxygens (including phenoxy) is 1. The number of halogens is 4. The van der Waals surface area contributed by atoms with Crippen LogP contribution in [0.25, 0.3) is 0 Å². The standard InChI is InChI=1S/C19H14BrF3O2/c20-17-11-10-14(12-16(17)19(21,22)23)6-4-5-9-18(24)25-13-15-7-2-1-3-8-15/h1-3,7-8,10-12H,5,9,13H2. The van der Waals surface area contributed by atoms with Crippen LogP contribution in [0.3, 0.4) is 0 Å². The number of carbonyl (C=O) groups is 1. The average molecular weight is 411 g/mol. The van der Waals surface area contributed by atoms with Crippen LogP contribution in [0, 0.1) is 11.8 Å². The third-order valence-corrected chi connectivity index (χ3v) is 3.89. The zero-order chi connectivity index (χ0) is 18.3.